The standard InChI is InChI=1S/C25H30N4O2/c1-2-28-15-12-20(13-16-28)29-17-14-21(18-29)30-23-11-7-6-10-22(23)25-26-24(27-31-25)19-8-4-3-5-9-19/h3-11,20-21H,2,12-18H2,1H3. The highest BCUT2D eigenvalue weighted by molar-refractivity contribution is 5.65. The molecule has 0 aliphatic carbocycles. The molecule has 2 saturated heterocycles. The van der Waals surface area contributed by atoms with E-state index >= 15 is 0 Å². The van der Waals surface area contributed by atoms with Gasteiger partial charge in [-0.05, 0) is 51.0 Å². The summed E-state index contributed by atoms with van der Waals surface area (Å²) in [6.45, 7) is 7.95. The summed E-state index contributed by atoms with van der Waals surface area (Å²) in [5, 5.41) is 4.17. The van der Waals surface area contributed by atoms with Crippen LogP contribution >= 0.6 is 0 Å². The number of piperidine rings is 1. The Labute approximate surface area is 183 Å². The van der Waals surface area contributed by atoms with Gasteiger partial charge in [0.25, 0.3) is 5.89 Å². The number of rotatable bonds is 6. The number of benzene rings is 2. The molecule has 1 atom stereocenters. The van der Waals surface area contributed by atoms with Crippen molar-refractivity contribution in [2.75, 3.05) is 32.7 Å². The molecule has 6 nitrogen and oxygen atoms in total. The Bertz CT molecular complexity index is 982. The second kappa shape index (κ2) is 9.20. The molecular weight excluding hydrogens is 388 g/mol. The van der Waals surface area contributed by atoms with Crippen LogP contribution in [0.5, 0.6) is 5.75 Å². The van der Waals surface area contributed by atoms with E-state index in [0.717, 1.165) is 42.9 Å². The van der Waals surface area contributed by atoms with Crippen molar-refractivity contribution in [1.82, 2.24) is 19.9 Å². The average molecular weight is 419 g/mol. The van der Waals surface area contributed by atoms with Gasteiger partial charge >= 0.3 is 0 Å². The molecule has 2 aromatic carbocycles. The highest BCUT2D eigenvalue weighted by Gasteiger charge is 2.32. The Kier molecular flexibility index (Phi) is 6.00. The van der Waals surface area contributed by atoms with Crippen molar-refractivity contribution in [2.24, 2.45) is 0 Å². The van der Waals surface area contributed by atoms with Crippen molar-refractivity contribution >= 4 is 0 Å². The summed E-state index contributed by atoms with van der Waals surface area (Å²) in [6.07, 6.45) is 3.78. The molecule has 1 unspecified atom stereocenters. The lowest BCUT2D eigenvalue weighted by Crippen LogP contribution is -2.44. The fourth-order valence-electron chi connectivity index (χ4n) is 4.75. The van der Waals surface area contributed by atoms with E-state index in [1.807, 2.05) is 54.6 Å². The van der Waals surface area contributed by atoms with E-state index in [-0.39, 0.29) is 6.10 Å². The van der Waals surface area contributed by atoms with Crippen molar-refractivity contribution in [3.8, 4) is 28.6 Å². The third-order valence-electron chi connectivity index (χ3n) is 6.57. The minimum Gasteiger partial charge on any atom is -0.488 e. The average Bonchev–Trinajstić information content (AvgIpc) is 3.50. The van der Waals surface area contributed by atoms with Crippen LogP contribution in [0.3, 0.4) is 0 Å². The van der Waals surface area contributed by atoms with Crippen molar-refractivity contribution in [2.45, 2.75) is 38.3 Å². The van der Waals surface area contributed by atoms with Gasteiger partial charge in [-0.1, -0.05) is 54.5 Å². The Balaban J connectivity index is 1.26. The lowest BCUT2D eigenvalue weighted by molar-refractivity contribution is 0.117. The van der Waals surface area contributed by atoms with E-state index in [9.17, 15) is 0 Å². The third-order valence-corrected chi connectivity index (χ3v) is 6.57. The SMILES string of the molecule is CCN1CCC(N2CCC(Oc3ccccc3-c3nc(-c4ccccc4)no3)C2)CC1. The van der Waals surface area contributed by atoms with Crippen LogP contribution in [0.25, 0.3) is 22.8 Å². The van der Waals surface area contributed by atoms with Crippen molar-refractivity contribution < 1.29 is 9.26 Å². The molecule has 3 aromatic rings. The number of likely N-dealkylation sites (tertiary alicyclic amines) is 2. The van der Waals surface area contributed by atoms with E-state index in [1.54, 1.807) is 0 Å². The lowest BCUT2D eigenvalue weighted by atomic mass is 10.0. The number of aromatic nitrogens is 2. The molecule has 1 aromatic heterocycles. The monoisotopic (exact) mass is 418 g/mol. The summed E-state index contributed by atoms with van der Waals surface area (Å²) in [5.41, 5.74) is 1.79. The predicted molar refractivity (Wildman–Crippen MR) is 121 cm³/mol. The fraction of sp³-hybridized carbons (Fsp3) is 0.440. The molecule has 0 spiro atoms. The van der Waals surface area contributed by atoms with Gasteiger partial charge in [-0.3, -0.25) is 4.90 Å². The van der Waals surface area contributed by atoms with Gasteiger partial charge in [0.1, 0.15) is 11.9 Å². The van der Waals surface area contributed by atoms with Gasteiger partial charge in [0.05, 0.1) is 5.56 Å². The van der Waals surface area contributed by atoms with Gasteiger partial charge in [0.15, 0.2) is 0 Å². The minimum atomic E-state index is 0.196. The molecule has 31 heavy (non-hydrogen) atoms. The quantitative estimate of drug-likeness (QED) is 0.594. The van der Waals surface area contributed by atoms with E-state index < -0.39 is 0 Å². The van der Waals surface area contributed by atoms with E-state index in [4.69, 9.17) is 9.26 Å². The maximum Gasteiger partial charge on any atom is 0.262 e. The minimum absolute atomic E-state index is 0.196. The Hall–Kier alpha value is -2.70. The van der Waals surface area contributed by atoms with Crippen LogP contribution in [-0.4, -0.2) is 64.8 Å². The predicted octanol–water partition coefficient (Wildman–Crippen LogP) is 4.34. The molecule has 6 heteroatoms. The first-order chi connectivity index (χ1) is 15.3. The molecule has 0 radical (unpaired) electrons. The maximum absolute atomic E-state index is 6.46. The summed E-state index contributed by atoms with van der Waals surface area (Å²) in [4.78, 5) is 9.79. The van der Waals surface area contributed by atoms with Crippen LogP contribution in [0.4, 0.5) is 0 Å². The zero-order chi connectivity index (χ0) is 21.0. The lowest BCUT2D eigenvalue weighted by Gasteiger charge is -2.36. The Morgan fingerprint density at radius 1 is 0.968 bits per heavy atom. The Morgan fingerprint density at radius 2 is 1.74 bits per heavy atom. The summed E-state index contributed by atoms with van der Waals surface area (Å²) >= 11 is 0. The van der Waals surface area contributed by atoms with E-state index in [1.165, 1.54) is 25.9 Å². The summed E-state index contributed by atoms with van der Waals surface area (Å²) < 4.78 is 12.1. The first-order valence-electron chi connectivity index (χ1n) is 11.4. The molecule has 3 heterocycles. The first-order valence-corrected chi connectivity index (χ1v) is 11.4. The number of hydrogen-bond acceptors (Lipinski definition) is 6. The third kappa shape index (κ3) is 4.50. The van der Waals surface area contributed by atoms with Crippen LogP contribution in [0, 0.1) is 0 Å². The van der Waals surface area contributed by atoms with Gasteiger partial charge in [-0.15, -0.1) is 0 Å². The van der Waals surface area contributed by atoms with Gasteiger partial charge in [-0.2, -0.15) is 4.98 Å². The van der Waals surface area contributed by atoms with Crippen molar-refractivity contribution in [1.29, 1.82) is 0 Å². The van der Waals surface area contributed by atoms with Crippen LogP contribution in [-0.2, 0) is 0 Å². The largest absolute Gasteiger partial charge is 0.488 e. The smallest absolute Gasteiger partial charge is 0.262 e. The Morgan fingerprint density at radius 3 is 2.55 bits per heavy atom. The molecule has 2 aliphatic heterocycles. The first kappa shape index (κ1) is 20.2. The second-order valence-corrected chi connectivity index (χ2v) is 8.47. The molecule has 2 aliphatic rings. The molecule has 162 valence electrons. The van der Waals surface area contributed by atoms with Crippen molar-refractivity contribution in [3.05, 3.63) is 54.6 Å². The topological polar surface area (TPSA) is 54.6 Å². The molecular formula is C25H30N4O2. The van der Waals surface area contributed by atoms with E-state index in [0.29, 0.717) is 17.8 Å². The highest BCUT2D eigenvalue weighted by atomic mass is 16.5. The molecule has 0 amide bonds. The van der Waals surface area contributed by atoms with Crippen LogP contribution in [0.1, 0.15) is 26.2 Å². The summed E-state index contributed by atoms with van der Waals surface area (Å²) in [5.74, 6) is 1.91. The number of ether oxygens (including phenoxy) is 1. The van der Waals surface area contributed by atoms with Crippen molar-refractivity contribution in [3.63, 3.8) is 0 Å². The van der Waals surface area contributed by atoms with Crippen LogP contribution in [0.2, 0.25) is 0 Å². The number of para-hydroxylation sites is 1. The second-order valence-electron chi connectivity index (χ2n) is 8.47. The van der Waals surface area contributed by atoms with Gasteiger partial charge in [0.2, 0.25) is 5.82 Å². The van der Waals surface area contributed by atoms with Gasteiger partial charge in [0, 0.05) is 24.7 Å². The normalized spacial score (nSPS) is 20.9. The van der Waals surface area contributed by atoms with Crippen LogP contribution < -0.4 is 4.74 Å². The number of nitrogens with zero attached hydrogens (tertiary/aromatic N) is 4. The summed E-state index contributed by atoms with van der Waals surface area (Å²) in [7, 11) is 0. The molecule has 2 fully saturated rings. The molecule has 0 N–H and O–H groups in total. The van der Waals surface area contributed by atoms with Gasteiger partial charge in [-0.25, -0.2) is 0 Å². The molecule has 5 rings (SSSR count). The van der Waals surface area contributed by atoms with Crippen LogP contribution in [0.15, 0.2) is 59.1 Å². The molecule has 0 saturated carbocycles. The van der Waals surface area contributed by atoms with Gasteiger partial charge < -0.3 is 14.2 Å². The molecule has 0 bridgehead atoms. The number of hydrogen-bond donors (Lipinski definition) is 0. The van der Waals surface area contributed by atoms with E-state index in [2.05, 4.69) is 26.9 Å². The fourth-order valence-corrected chi connectivity index (χ4v) is 4.75. The zero-order valence-electron chi connectivity index (χ0n) is 18.1. The maximum atomic E-state index is 6.46. The summed E-state index contributed by atoms with van der Waals surface area (Å²) in [6, 6.07) is 18.6. The zero-order valence-corrected chi connectivity index (χ0v) is 18.1. The highest BCUT2D eigenvalue weighted by Crippen LogP contribution is 2.32.